The molecule has 1 aliphatic heterocycles. The molecule has 0 bridgehead atoms. The molecule has 25 heavy (non-hydrogen) atoms. The molecule has 0 saturated carbocycles. The molecule has 0 aromatic heterocycles. The van der Waals surface area contributed by atoms with Crippen molar-refractivity contribution in [2.45, 2.75) is 19.3 Å². The van der Waals surface area contributed by atoms with Gasteiger partial charge in [0.1, 0.15) is 5.82 Å². The summed E-state index contributed by atoms with van der Waals surface area (Å²) in [7, 11) is 0. The zero-order valence-corrected chi connectivity index (χ0v) is 14.1. The fourth-order valence-electron chi connectivity index (χ4n) is 3.05. The average Bonchev–Trinajstić information content (AvgIpc) is 3.02. The van der Waals surface area contributed by atoms with E-state index in [9.17, 15) is 14.0 Å². The molecule has 1 aliphatic rings. The van der Waals surface area contributed by atoms with Crippen LogP contribution in [0.3, 0.4) is 0 Å². The second-order valence-electron chi connectivity index (χ2n) is 6.44. The van der Waals surface area contributed by atoms with Gasteiger partial charge in [0.05, 0.1) is 5.92 Å². The summed E-state index contributed by atoms with van der Waals surface area (Å²) in [4.78, 5) is 26.1. The van der Waals surface area contributed by atoms with E-state index in [1.165, 1.54) is 17.7 Å². The predicted molar refractivity (Wildman–Crippen MR) is 94.7 cm³/mol. The lowest BCUT2D eigenvalue weighted by Gasteiger charge is -2.17. The number of anilines is 1. The van der Waals surface area contributed by atoms with E-state index in [2.05, 4.69) is 12.2 Å². The fourth-order valence-corrected chi connectivity index (χ4v) is 3.05. The summed E-state index contributed by atoms with van der Waals surface area (Å²) in [6.45, 7) is 2.92. The molecule has 1 heterocycles. The Kier molecular flexibility index (Phi) is 5.12. The highest BCUT2D eigenvalue weighted by molar-refractivity contribution is 6.00. The summed E-state index contributed by atoms with van der Waals surface area (Å²) in [5.41, 5.74) is 1.79. The molecule has 1 fully saturated rings. The van der Waals surface area contributed by atoms with Crippen molar-refractivity contribution < 1.29 is 14.0 Å². The van der Waals surface area contributed by atoms with Crippen LogP contribution in [0.5, 0.6) is 0 Å². The number of carbonyl (C=O) groups is 2. The van der Waals surface area contributed by atoms with Gasteiger partial charge in [0.25, 0.3) is 0 Å². The molecule has 0 spiro atoms. The number of amides is 2. The smallest absolute Gasteiger partial charge is 0.227 e. The monoisotopic (exact) mass is 340 g/mol. The Morgan fingerprint density at radius 2 is 1.88 bits per heavy atom. The summed E-state index contributed by atoms with van der Waals surface area (Å²) >= 11 is 0. The Morgan fingerprint density at radius 3 is 2.56 bits per heavy atom. The van der Waals surface area contributed by atoms with Crippen molar-refractivity contribution in [2.24, 2.45) is 5.92 Å². The van der Waals surface area contributed by atoms with E-state index < -0.39 is 0 Å². The van der Waals surface area contributed by atoms with Crippen molar-refractivity contribution in [3.8, 4) is 0 Å². The second-order valence-corrected chi connectivity index (χ2v) is 6.44. The first-order valence-corrected chi connectivity index (χ1v) is 8.43. The third kappa shape index (κ3) is 4.05. The minimum Gasteiger partial charge on any atom is -0.355 e. The lowest BCUT2D eigenvalue weighted by Crippen LogP contribution is -2.35. The van der Waals surface area contributed by atoms with Crippen LogP contribution in [0.2, 0.25) is 0 Å². The number of carbonyl (C=O) groups excluding carboxylic acids is 2. The van der Waals surface area contributed by atoms with Gasteiger partial charge in [-0.3, -0.25) is 9.59 Å². The van der Waals surface area contributed by atoms with Crippen LogP contribution in [0.15, 0.2) is 54.6 Å². The first-order chi connectivity index (χ1) is 12.0. The van der Waals surface area contributed by atoms with Gasteiger partial charge in [-0.2, -0.15) is 0 Å². The lowest BCUT2D eigenvalue weighted by molar-refractivity contribution is -0.126. The van der Waals surface area contributed by atoms with Gasteiger partial charge in [-0.1, -0.05) is 37.3 Å². The van der Waals surface area contributed by atoms with E-state index in [-0.39, 0.29) is 35.9 Å². The molecule has 130 valence electrons. The number of halogens is 1. The van der Waals surface area contributed by atoms with E-state index in [0.29, 0.717) is 18.8 Å². The van der Waals surface area contributed by atoms with Gasteiger partial charge in [-0.15, -0.1) is 0 Å². The Hall–Kier alpha value is -2.69. The number of hydrogen-bond donors (Lipinski definition) is 1. The zero-order chi connectivity index (χ0) is 17.8. The lowest BCUT2D eigenvalue weighted by atomic mass is 10.0. The SMILES string of the molecule is C[C@H](CNC(=O)[C@H]1CC(=O)N(c2ccc(F)cc2)C1)c1ccccc1. The molecule has 3 rings (SSSR count). The predicted octanol–water partition coefficient (Wildman–Crippen LogP) is 3.10. The Morgan fingerprint density at radius 1 is 1.20 bits per heavy atom. The minimum atomic E-state index is -0.375. The molecule has 0 aliphatic carbocycles. The fraction of sp³-hybridized carbons (Fsp3) is 0.300. The maximum Gasteiger partial charge on any atom is 0.227 e. The van der Waals surface area contributed by atoms with E-state index >= 15 is 0 Å². The summed E-state index contributed by atoms with van der Waals surface area (Å²) in [6.07, 6.45) is 0.183. The molecule has 5 heteroatoms. The third-order valence-corrected chi connectivity index (χ3v) is 4.59. The van der Waals surface area contributed by atoms with E-state index in [4.69, 9.17) is 0 Å². The van der Waals surface area contributed by atoms with Crippen LogP contribution in [-0.4, -0.2) is 24.9 Å². The summed E-state index contributed by atoms with van der Waals surface area (Å²) < 4.78 is 13.0. The van der Waals surface area contributed by atoms with Gasteiger partial charge in [-0.05, 0) is 35.7 Å². The van der Waals surface area contributed by atoms with E-state index in [1.54, 1.807) is 17.0 Å². The van der Waals surface area contributed by atoms with E-state index in [0.717, 1.165) is 0 Å². The van der Waals surface area contributed by atoms with E-state index in [1.807, 2.05) is 30.3 Å². The standard InChI is InChI=1S/C20H21FN2O2/c1-14(15-5-3-2-4-6-15)12-22-20(25)16-11-19(24)23(13-16)18-9-7-17(21)8-10-18/h2-10,14,16H,11-13H2,1H3,(H,22,25)/t14-,16+/m1/s1. The van der Waals surface area contributed by atoms with Crippen molar-refractivity contribution in [3.05, 3.63) is 66.0 Å². The highest BCUT2D eigenvalue weighted by Gasteiger charge is 2.35. The minimum absolute atomic E-state index is 0.108. The van der Waals surface area contributed by atoms with Gasteiger partial charge in [0, 0.05) is 25.2 Å². The molecule has 2 aromatic rings. The second kappa shape index (κ2) is 7.47. The number of nitrogens with zero attached hydrogens (tertiary/aromatic N) is 1. The Labute approximate surface area is 146 Å². The highest BCUT2D eigenvalue weighted by atomic mass is 19.1. The topological polar surface area (TPSA) is 49.4 Å². The molecular weight excluding hydrogens is 319 g/mol. The maximum atomic E-state index is 13.0. The van der Waals surface area contributed by atoms with Gasteiger partial charge in [0.15, 0.2) is 0 Å². The zero-order valence-electron chi connectivity index (χ0n) is 14.1. The largest absolute Gasteiger partial charge is 0.355 e. The van der Waals surface area contributed by atoms with Gasteiger partial charge in [0.2, 0.25) is 11.8 Å². The normalized spacial score (nSPS) is 18.2. The van der Waals surface area contributed by atoms with Crippen LogP contribution in [0, 0.1) is 11.7 Å². The average molecular weight is 340 g/mol. The first-order valence-electron chi connectivity index (χ1n) is 8.43. The van der Waals surface area contributed by atoms with Gasteiger partial charge < -0.3 is 10.2 Å². The van der Waals surface area contributed by atoms with Crippen molar-refractivity contribution in [1.82, 2.24) is 5.32 Å². The molecule has 0 unspecified atom stereocenters. The molecule has 4 nitrogen and oxygen atoms in total. The number of nitrogens with one attached hydrogen (secondary N) is 1. The van der Waals surface area contributed by atoms with Crippen LogP contribution in [-0.2, 0) is 9.59 Å². The van der Waals surface area contributed by atoms with Crippen LogP contribution in [0.4, 0.5) is 10.1 Å². The van der Waals surface area contributed by atoms with Crippen LogP contribution in [0.25, 0.3) is 0 Å². The summed E-state index contributed by atoms with van der Waals surface area (Å²) in [5, 5.41) is 2.95. The van der Waals surface area contributed by atoms with Crippen LogP contribution < -0.4 is 10.2 Å². The van der Waals surface area contributed by atoms with Crippen molar-refractivity contribution in [2.75, 3.05) is 18.0 Å². The number of rotatable bonds is 5. The number of hydrogen-bond acceptors (Lipinski definition) is 2. The van der Waals surface area contributed by atoms with Crippen LogP contribution in [0.1, 0.15) is 24.8 Å². The third-order valence-electron chi connectivity index (χ3n) is 4.59. The van der Waals surface area contributed by atoms with Crippen molar-refractivity contribution in [1.29, 1.82) is 0 Å². The molecule has 1 N–H and O–H groups in total. The quantitative estimate of drug-likeness (QED) is 0.909. The maximum absolute atomic E-state index is 13.0. The Balaban J connectivity index is 1.56. The molecule has 2 aromatic carbocycles. The van der Waals surface area contributed by atoms with Crippen LogP contribution >= 0.6 is 0 Å². The summed E-state index contributed by atoms with van der Waals surface area (Å²) in [6, 6.07) is 15.7. The molecule has 1 saturated heterocycles. The number of benzene rings is 2. The molecule has 2 atom stereocenters. The Bertz CT molecular complexity index is 746. The highest BCUT2D eigenvalue weighted by Crippen LogP contribution is 2.25. The first kappa shape index (κ1) is 17.1. The molecule has 0 radical (unpaired) electrons. The van der Waals surface area contributed by atoms with Crippen molar-refractivity contribution in [3.63, 3.8) is 0 Å². The van der Waals surface area contributed by atoms with Gasteiger partial charge in [-0.25, -0.2) is 4.39 Å². The van der Waals surface area contributed by atoms with Crippen molar-refractivity contribution >= 4 is 17.5 Å². The molecular formula is C20H21FN2O2. The molecule has 2 amide bonds. The summed E-state index contributed by atoms with van der Waals surface area (Å²) in [5.74, 6) is -0.737. The van der Waals surface area contributed by atoms with Gasteiger partial charge >= 0.3 is 0 Å².